The molecule has 7 heteroatoms. The first-order valence-electron chi connectivity index (χ1n) is 7.98. The summed E-state index contributed by atoms with van der Waals surface area (Å²) < 4.78 is 11.8. The summed E-state index contributed by atoms with van der Waals surface area (Å²) in [6.07, 6.45) is 0. The fourth-order valence-corrected chi connectivity index (χ4v) is 4.31. The summed E-state index contributed by atoms with van der Waals surface area (Å²) >= 11 is 12.5. The van der Waals surface area contributed by atoms with E-state index in [1.807, 2.05) is 0 Å². The number of ether oxygens (including phenoxy) is 2. The topological polar surface area (TPSA) is 76.0 Å². The molecular formula is C20H10Cl2O5. The van der Waals surface area contributed by atoms with Gasteiger partial charge < -0.3 is 19.7 Å². The number of phenolic OH excluding ortho intramolecular Hbond substituents is 2. The van der Waals surface area contributed by atoms with Gasteiger partial charge in [-0.25, -0.2) is 4.79 Å². The number of phenols is 2. The number of carbonyl (C=O) groups excluding carboxylic acids is 1. The Morgan fingerprint density at radius 2 is 1.41 bits per heavy atom. The Morgan fingerprint density at radius 1 is 0.815 bits per heavy atom. The van der Waals surface area contributed by atoms with Gasteiger partial charge in [0, 0.05) is 33.8 Å². The van der Waals surface area contributed by atoms with E-state index in [1.165, 1.54) is 30.3 Å². The second-order valence-corrected chi connectivity index (χ2v) is 7.19. The van der Waals surface area contributed by atoms with E-state index in [4.69, 9.17) is 32.7 Å². The molecule has 0 unspecified atom stereocenters. The van der Waals surface area contributed by atoms with Crippen LogP contribution in [0.25, 0.3) is 0 Å². The van der Waals surface area contributed by atoms with Gasteiger partial charge in [-0.15, -0.1) is 0 Å². The van der Waals surface area contributed by atoms with E-state index >= 15 is 0 Å². The first kappa shape index (κ1) is 16.3. The molecule has 0 saturated heterocycles. The van der Waals surface area contributed by atoms with Crippen LogP contribution in [0.1, 0.15) is 27.0 Å². The highest BCUT2D eigenvalue weighted by Crippen LogP contribution is 2.58. The molecule has 0 aromatic heterocycles. The maximum Gasteiger partial charge on any atom is 0.341 e. The Bertz CT molecular complexity index is 1100. The molecule has 1 spiro atoms. The number of aromatic hydroxyl groups is 2. The fraction of sp³-hybridized carbons (Fsp3) is 0.0500. The fourth-order valence-electron chi connectivity index (χ4n) is 3.74. The normalized spacial score (nSPS) is 15.6. The zero-order chi connectivity index (χ0) is 18.9. The maximum atomic E-state index is 12.7. The number of carbonyl (C=O) groups is 1. The largest absolute Gasteiger partial charge is 0.508 e. The molecule has 0 radical (unpaired) electrons. The summed E-state index contributed by atoms with van der Waals surface area (Å²) in [6.45, 7) is 0. The highest BCUT2D eigenvalue weighted by molar-refractivity contribution is 6.37. The Balaban J connectivity index is 1.93. The van der Waals surface area contributed by atoms with Gasteiger partial charge in [-0.1, -0.05) is 23.2 Å². The van der Waals surface area contributed by atoms with Crippen LogP contribution < -0.4 is 4.74 Å². The number of halogens is 2. The van der Waals surface area contributed by atoms with Crippen molar-refractivity contribution < 1.29 is 24.5 Å². The highest BCUT2D eigenvalue weighted by atomic mass is 35.5. The second-order valence-electron chi connectivity index (χ2n) is 6.34. The van der Waals surface area contributed by atoms with E-state index < -0.39 is 11.6 Å². The van der Waals surface area contributed by atoms with Gasteiger partial charge in [-0.2, -0.15) is 0 Å². The lowest BCUT2D eigenvalue weighted by atomic mass is 9.77. The van der Waals surface area contributed by atoms with Crippen LogP contribution in [0.15, 0.2) is 48.5 Å². The molecule has 0 bridgehead atoms. The Hall–Kier alpha value is -2.89. The Morgan fingerprint density at radius 3 is 2.00 bits per heavy atom. The van der Waals surface area contributed by atoms with Crippen molar-refractivity contribution in [1.29, 1.82) is 0 Å². The Labute approximate surface area is 163 Å². The molecule has 5 nitrogen and oxygen atoms in total. The second kappa shape index (κ2) is 5.31. The lowest BCUT2D eigenvalue weighted by Crippen LogP contribution is -2.32. The molecule has 2 N–H and O–H groups in total. The SMILES string of the molecule is O=C1OC2(c3ccc(O)cc3Oc3cc(O)ccc32)c2cc(Cl)cc(Cl)c21. The minimum absolute atomic E-state index is 0.0128. The third-order valence-corrected chi connectivity index (χ3v) is 5.31. The standard InChI is InChI=1S/C20H10Cl2O5/c21-9-5-14-18(15(22)6-9)19(25)27-20(14)12-3-1-10(23)7-16(12)26-17-8-11(24)2-4-13(17)20/h1-8,23-24H. The number of rotatable bonds is 0. The molecule has 0 fully saturated rings. The lowest BCUT2D eigenvalue weighted by molar-refractivity contribution is 0.0224. The van der Waals surface area contributed by atoms with Crippen molar-refractivity contribution in [2.24, 2.45) is 0 Å². The van der Waals surface area contributed by atoms with E-state index in [-0.39, 0.29) is 22.1 Å². The lowest BCUT2D eigenvalue weighted by Gasteiger charge is -2.36. The predicted octanol–water partition coefficient (Wildman–Crippen LogP) is 4.97. The summed E-state index contributed by atoms with van der Waals surface area (Å²) in [5, 5.41) is 20.3. The van der Waals surface area contributed by atoms with Crippen molar-refractivity contribution >= 4 is 29.2 Å². The smallest absolute Gasteiger partial charge is 0.341 e. The van der Waals surface area contributed by atoms with Crippen molar-refractivity contribution in [2.45, 2.75) is 5.60 Å². The van der Waals surface area contributed by atoms with E-state index in [0.717, 1.165) is 0 Å². The van der Waals surface area contributed by atoms with E-state index in [0.29, 0.717) is 33.2 Å². The van der Waals surface area contributed by atoms with E-state index in [9.17, 15) is 15.0 Å². The number of hydrogen-bond acceptors (Lipinski definition) is 5. The van der Waals surface area contributed by atoms with Crippen molar-refractivity contribution in [3.8, 4) is 23.0 Å². The van der Waals surface area contributed by atoms with Gasteiger partial charge in [0.25, 0.3) is 0 Å². The van der Waals surface area contributed by atoms with Crippen LogP contribution in [0.5, 0.6) is 23.0 Å². The summed E-state index contributed by atoms with van der Waals surface area (Å²) in [5.41, 5.74) is 0.381. The molecule has 3 aromatic rings. The van der Waals surface area contributed by atoms with Crippen molar-refractivity contribution in [2.75, 3.05) is 0 Å². The van der Waals surface area contributed by atoms with Gasteiger partial charge in [0.15, 0.2) is 5.60 Å². The first-order valence-corrected chi connectivity index (χ1v) is 8.73. The van der Waals surface area contributed by atoms with Gasteiger partial charge in [-0.05, 0) is 36.4 Å². The number of esters is 1. The van der Waals surface area contributed by atoms with Gasteiger partial charge in [-0.3, -0.25) is 0 Å². The highest BCUT2D eigenvalue weighted by Gasteiger charge is 2.54. The third kappa shape index (κ3) is 2.10. The zero-order valence-corrected chi connectivity index (χ0v) is 15.0. The summed E-state index contributed by atoms with van der Waals surface area (Å²) in [5.74, 6) is -0.0244. The van der Waals surface area contributed by atoms with Crippen molar-refractivity contribution in [3.63, 3.8) is 0 Å². The van der Waals surface area contributed by atoms with E-state index in [2.05, 4.69) is 0 Å². The van der Waals surface area contributed by atoms with Crippen LogP contribution in [0.2, 0.25) is 10.0 Å². The number of benzene rings is 3. The van der Waals surface area contributed by atoms with Gasteiger partial charge >= 0.3 is 5.97 Å². The minimum atomic E-state index is -1.36. The van der Waals surface area contributed by atoms with Crippen LogP contribution in [-0.4, -0.2) is 16.2 Å². The monoisotopic (exact) mass is 400 g/mol. The summed E-state index contributed by atoms with van der Waals surface area (Å²) in [6, 6.07) is 12.2. The molecule has 134 valence electrons. The van der Waals surface area contributed by atoms with Crippen LogP contribution in [0.4, 0.5) is 0 Å². The van der Waals surface area contributed by atoms with Crippen LogP contribution in [0.3, 0.4) is 0 Å². The third-order valence-electron chi connectivity index (χ3n) is 4.79. The van der Waals surface area contributed by atoms with Crippen LogP contribution in [0, 0.1) is 0 Å². The molecule has 3 aromatic carbocycles. The van der Waals surface area contributed by atoms with Crippen LogP contribution >= 0.6 is 23.2 Å². The summed E-state index contributed by atoms with van der Waals surface area (Å²) in [7, 11) is 0. The number of hydrogen-bond donors (Lipinski definition) is 2. The molecule has 0 amide bonds. The average molecular weight is 401 g/mol. The van der Waals surface area contributed by atoms with Crippen molar-refractivity contribution in [1.82, 2.24) is 0 Å². The van der Waals surface area contributed by atoms with Gasteiger partial charge in [0.05, 0.1) is 10.6 Å². The van der Waals surface area contributed by atoms with Gasteiger partial charge in [0.1, 0.15) is 23.0 Å². The Kier molecular flexibility index (Phi) is 3.21. The maximum absolute atomic E-state index is 12.7. The molecule has 27 heavy (non-hydrogen) atoms. The van der Waals surface area contributed by atoms with E-state index in [1.54, 1.807) is 18.2 Å². The molecular weight excluding hydrogens is 391 g/mol. The molecule has 2 heterocycles. The molecule has 2 aliphatic rings. The van der Waals surface area contributed by atoms with Crippen LogP contribution in [-0.2, 0) is 10.3 Å². The predicted molar refractivity (Wildman–Crippen MR) is 98.0 cm³/mol. The first-order chi connectivity index (χ1) is 12.9. The molecule has 2 aliphatic heterocycles. The average Bonchev–Trinajstić information content (AvgIpc) is 2.87. The molecule has 0 aliphatic carbocycles. The molecule has 0 saturated carbocycles. The zero-order valence-electron chi connectivity index (χ0n) is 13.5. The van der Waals surface area contributed by atoms with Gasteiger partial charge in [0.2, 0.25) is 0 Å². The van der Waals surface area contributed by atoms with Crippen molar-refractivity contribution in [3.05, 3.63) is 80.8 Å². The number of fused-ring (bicyclic) bond motifs is 6. The quantitative estimate of drug-likeness (QED) is 0.520. The molecule has 0 atom stereocenters. The minimum Gasteiger partial charge on any atom is -0.508 e. The molecule has 5 rings (SSSR count). The summed E-state index contributed by atoms with van der Waals surface area (Å²) in [4.78, 5) is 12.7.